The molecule has 2 aliphatic heterocycles. The predicted molar refractivity (Wildman–Crippen MR) is 110 cm³/mol. The van der Waals surface area contributed by atoms with Gasteiger partial charge in [-0.2, -0.15) is 0 Å². The van der Waals surface area contributed by atoms with Crippen molar-refractivity contribution in [3.8, 4) is 0 Å². The van der Waals surface area contributed by atoms with Gasteiger partial charge >= 0.3 is 6.09 Å². The Kier molecular flexibility index (Phi) is 7.11. The van der Waals surface area contributed by atoms with Crippen molar-refractivity contribution in [2.24, 2.45) is 11.8 Å². The van der Waals surface area contributed by atoms with E-state index in [1.807, 2.05) is 30.3 Å². The van der Waals surface area contributed by atoms with Gasteiger partial charge in [-0.05, 0) is 49.8 Å². The zero-order chi connectivity index (χ0) is 20.1. The molecule has 2 fully saturated rings. The van der Waals surface area contributed by atoms with Gasteiger partial charge in [0.15, 0.2) is 0 Å². The molecule has 0 unspecified atom stereocenters. The zero-order valence-corrected chi connectivity index (χ0v) is 17.5. The van der Waals surface area contributed by atoms with E-state index in [0.717, 1.165) is 31.5 Å². The molecule has 154 valence electrons. The van der Waals surface area contributed by atoms with Crippen LogP contribution in [0.5, 0.6) is 0 Å². The maximum atomic E-state index is 13.2. The van der Waals surface area contributed by atoms with Crippen LogP contribution in [-0.2, 0) is 16.0 Å². The van der Waals surface area contributed by atoms with Gasteiger partial charge in [0.1, 0.15) is 6.61 Å². The van der Waals surface area contributed by atoms with Crippen LogP contribution in [0.2, 0.25) is 0 Å². The topological polar surface area (TPSA) is 49.9 Å². The van der Waals surface area contributed by atoms with Gasteiger partial charge in [-0.15, -0.1) is 0 Å². The highest BCUT2D eigenvalue weighted by Crippen LogP contribution is 2.32. The first-order valence-electron chi connectivity index (χ1n) is 10.8. The lowest BCUT2D eigenvalue weighted by molar-refractivity contribution is -0.131. The van der Waals surface area contributed by atoms with E-state index in [9.17, 15) is 9.59 Å². The molecule has 0 N–H and O–H groups in total. The third-order valence-corrected chi connectivity index (χ3v) is 6.57. The molecule has 5 heteroatoms. The highest BCUT2D eigenvalue weighted by molar-refractivity contribution is 5.93. The third-order valence-electron chi connectivity index (χ3n) is 6.57. The summed E-state index contributed by atoms with van der Waals surface area (Å²) >= 11 is 0. The summed E-state index contributed by atoms with van der Waals surface area (Å²) in [6.45, 7) is 9.09. The summed E-state index contributed by atoms with van der Waals surface area (Å²) in [7, 11) is 0. The number of unbranched alkanes of at least 4 members (excludes halogenated alkanes) is 1. The van der Waals surface area contributed by atoms with E-state index < -0.39 is 6.09 Å². The summed E-state index contributed by atoms with van der Waals surface area (Å²) in [5.74, 6) is 0.956. The molecular formula is C23H34N2O3. The number of piperidine rings is 1. The minimum absolute atomic E-state index is 0.0871. The Hall–Kier alpha value is -1.88. The number of cyclic esters (lactones) is 1. The molecule has 2 heterocycles. The molecule has 1 aromatic carbocycles. The van der Waals surface area contributed by atoms with E-state index >= 15 is 0 Å². The van der Waals surface area contributed by atoms with Crippen LogP contribution in [0.3, 0.4) is 0 Å². The average Bonchev–Trinajstić information content (AvgIpc) is 3.05. The van der Waals surface area contributed by atoms with Gasteiger partial charge in [0, 0.05) is 12.5 Å². The summed E-state index contributed by atoms with van der Waals surface area (Å²) in [4.78, 5) is 29.4. The van der Waals surface area contributed by atoms with Crippen LogP contribution in [0.15, 0.2) is 30.3 Å². The lowest BCUT2D eigenvalue weighted by Gasteiger charge is -2.43. The molecule has 4 atom stereocenters. The number of carbonyl (C=O) groups excluding carboxylic acids is 2. The van der Waals surface area contributed by atoms with Gasteiger partial charge in [0.25, 0.3) is 0 Å². The van der Waals surface area contributed by atoms with Crippen LogP contribution in [0, 0.1) is 11.8 Å². The summed E-state index contributed by atoms with van der Waals surface area (Å²) in [5.41, 5.74) is 1.12. The molecule has 0 aromatic heterocycles. The lowest BCUT2D eigenvalue weighted by Crippen LogP contribution is -2.51. The molecule has 2 saturated heterocycles. The first kappa shape index (κ1) is 20.8. The average molecular weight is 387 g/mol. The Bertz CT molecular complexity index is 661. The molecule has 28 heavy (non-hydrogen) atoms. The maximum Gasteiger partial charge on any atom is 0.416 e. The van der Waals surface area contributed by atoms with Crippen molar-refractivity contribution in [1.29, 1.82) is 0 Å². The predicted octanol–water partition coefficient (Wildman–Crippen LogP) is 4.11. The number of ether oxygens (including phenoxy) is 1. The highest BCUT2D eigenvalue weighted by atomic mass is 16.6. The number of benzene rings is 1. The van der Waals surface area contributed by atoms with Gasteiger partial charge < -0.3 is 4.74 Å². The zero-order valence-electron chi connectivity index (χ0n) is 17.5. The van der Waals surface area contributed by atoms with Gasteiger partial charge in [-0.3, -0.25) is 9.69 Å². The monoisotopic (exact) mass is 386 g/mol. The summed E-state index contributed by atoms with van der Waals surface area (Å²) in [6.07, 6.45) is 4.04. The van der Waals surface area contributed by atoms with E-state index in [4.69, 9.17) is 4.74 Å². The standard InChI is InChI=1S/C23H34N2O3/c1-4-5-12-24-13-11-17(2)18(3)21(24)15-22(26)25-20(16-28-23(25)27)14-19-9-7-6-8-10-19/h6-10,17-18,20-21H,4-5,11-16H2,1-3H3/t17-,18+,20+,21+/m1/s1. The number of carbonyl (C=O) groups is 2. The van der Waals surface area contributed by atoms with Crippen molar-refractivity contribution >= 4 is 12.0 Å². The Morgan fingerprint density at radius 3 is 2.68 bits per heavy atom. The van der Waals surface area contributed by atoms with Crippen LogP contribution in [-0.4, -0.2) is 53.6 Å². The second kappa shape index (κ2) is 9.55. The maximum absolute atomic E-state index is 13.2. The smallest absolute Gasteiger partial charge is 0.416 e. The number of hydrogen-bond donors (Lipinski definition) is 0. The lowest BCUT2D eigenvalue weighted by atomic mass is 9.80. The number of rotatable bonds is 7. The molecule has 0 radical (unpaired) electrons. The number of imide groups is 1. The van der Waals surface area contributed by atoms with Gasteiger partial charge in [-0.1, -0.05) is 57.5 Å². The van der Waals surface area contributed by atoms with Crippen molar-refractivity contribution in [1.82, 2.24) is 9.80 Å². The second-order valence-corrected chi connectivity index (χ2v) is 8.47. The number of nitrogens with zero attached hydrogens (tertiary/aromatic N) is 2. The first-order valence-corrected chi connectivity index (χ1v) is 10.8. The number of likely N-dealkylation sites (tertiary alicyclic amines) is 1. The van der Waals surface area contributed by atoms with E-state index in [1.54, 1.807) is 0 Å². The van der Waals surface area contributed by atoms with Crippen molar-refractivity contribution in [2.45, 2.75) is 65.0 Å². The van der Waals surface area contributed by atoms with E-state index in [1.165, 1.54) is 11.3 Å². The normalized spacial score (nSPS) is 28.4. The van der Waals surface area contributed by atoms with Gasteiger partial charge in [0.05, 0.1) is 6.04 Å². The Morgan fingerprint density at radius 1 is 1.21 bits per heavy atom. The fourth-order valence-electron chi connectivity index (χ4n) is 4.54. The molecule has 0 aliphatic carbocycles. The molecular weight excluding hydrogens is 352 g/mol. The minimum atomic E-state index is -0.484. The number of hydrogen-bond acceptors (Lipinski definition) is 4. The SMILES string of the molecule is CCCCN1CC[C@@H](C)[C@H](C)[C@@H]1CC(=O)N1C(=O)OC[C@@H]1Cc1ccccc1. The molecule has 0 spiro atoms. The highest BCUT2D eigenvalue weighted by Gasteiger charge is 2.41. The number of amides is 2. The Morgan fingerprint density at radius 2 is 1.96 bits per heavy atom. The summed E-state index contributed by atoms with van der Waals surface area (Å²) in [5, 5.41) is 0. The van der Waals surface area contributed by atoms with Crippen molar-refractivity contribution in [3.05, 3.63) is 35.9 Å². The van der Waals surface area contributed by atoms with Gasteiger partial charge in [-0.25, -0.2) is 9.69 Å². The summed E-state index contributed by atoms with van der Waals surface area (Å²) in [6, 6.07) is 9.99. The molecule has 1 aromatic rings. The molecule has 0 bridgehead atoms. The third kappa shape index (κ3) is 4.75. The minimum Gasteiger partial charge on any atom is -0.447 e. The van der Waals surface area contributed by atoms with Crippen LogP contribution in [0.1, 0.15) is 52.0 Å². The fraction of sp³-hybridized carbons (Fsp3) is 0.652. The van der Waals surface area contributed by atoms with Crippen LogP contribution >= 0.6 is 0 Å². The molecule has 3 rings (SSSR count). The Labute approximate surface area is 169 Å². The largest absolute Gasteiger partial charge is 0.447 e. The first-order chi connectivity index (χ1) is 13.5. The van der Waals surface area contributed by atoms with Crippen LogP contribution < -0.4 is 0 Å². The molecule has 5 nitrogen and oxygen atoms in total. The van der Waals surface area contributed by atoms with Crippen molar-refractivity contribution < 1.29 is 14.3 Å². The molecule has 0 saturated carbocycles. The van der Waals surface area contributed by atoms with Gasteiger partial charge in [0.2, 0.25) is 5.91 Å². The second-order valence-electron chi connectivity index (χ2n) is 8.47. The van der Waals surface area contributed by atoms with Crippen LogP contribution in [0.25, 0.3) is 0 Å². The quantitative estimate of drug-likeness (QED) is 0.707. The molecule has 2 aliphatic rings. The van der Waals surface area contributed by atoms with E-state index in [-0.39, 0.29) is 24.6 Å². The Balaban J connectivity index is 1.70. The van der Waals surface area contributed by atoms with Crippen LogP contribution in [0.4, 0.5) is 4.79 Å². The van der Waals surface area contributed by atoms with Crippen molar-refractivity contribution in [3.63, 3.8) is 0 Å². The summed E-state index contributed by atoms with van der Waals surface area (Å²) < 4.78 is 5.25. The van der Waals surface area contributed by atoms with E-state index in [2.05, 4.69) is 25.7 Å². The van der Waals surface area contributed by atoms with Crippen molar-refractivity contribution in [2.75, 3.05) is 19.7 Å². The van der Waals surface area contributed by atoms with E-state index in [0.29, 0.717) is 24.7 Å². The molecule has 2 amide bonds. The fourth-order valence-corrected chi connectivity index (χ4v) is 4.54.